The third kappa shape index (κ3) is 2.33. The minimum atomic E-state index is 0.347. The molecule has 2 aromatic heterocycles. The summed E-state index contributed by atoms with van der Waals surface area (Å²) in [5.41, 5.74) is 6.65. The highest BCUT2D eigenvalue weighted by atomic mass is 35.5. The van der Waals surface area contributed by atoms with Gasteiger partial charge in [-0.05, 0) is 62.5 Å². The molecule has 2 atom stereocenters. The summed E-state index contributed by atoms with van der Waals surface area (Å²) in [4.78, 5) is 9.35. The van der Waals surface area contributed by atoms with E-state index < -0.39 is 0 Å². The van der Waals surface area contributed by atoms with Crippen molar-refractivity contribution >= 4 is 22.5 Å². The molecule has 134 valence electrons. The SMILES string of the molecule is Cc1cc(C2Cn3c4c(c5cc(Cl)ccc53)CN(C)CC4N2C)ccn1. The Labute approximate surface area is 159 Å². The Bertz CT molecular complexity index is 1010. The van der Waals surface area contributed by atoms with E-state index in [1.807, 2.05) is 12.3 Å². The standard InChI is InChI=1S/C21H23ClN4/c1-13-8-14(6-7-23-13)19-12-26-18-5-4-15(22)9-16(18)17-10-24(2)11-20(21(17)26)25(19)3/h4-9,19-20H,10-12H2,1-3H3. The fraction of sp³-hybridized carbons (Fsp3) is 0.381. The van der Waals surface area contributed by atoms with Crippen LogP contribution < -0.4 is 0 Å². The van der Waals surface area contributed by atoms with E-state index in [9.17, 15) is 0 Å². The van der Waals surface area contributed by atoms with E-state index in [-0.39, 0.29) is 0 Å². The molecule has 2 unspecified atom stereocenters. The van der Waals surface area contributed by atoms with Crippen LogP contribution in [0.4, 0.5) is 0 Å². The Hall–Kier alpha value is -1.88. The molecule has 0 aliphatic carbocycles. The number of hydrogen-bond donors (Lipinski definition) is 0. The number of fused-ring (bicyclic) bond motifs is 3. The van der Waals surface area contributed by atoms with Crippen molar-refractivity contribution < 1.29 is 0 Å². The summed E-state index contributed by atoms with van der Waals surface area (Å²) in [6.45, 7) is 5.07. The van der Waals surface area contributed by atoms with Gasteiger partial charge in [0.1, 0.15) is 0 Å². The quantitative estimate of drug-likeness (QED) is 0.646. The summed E-state index contributed by atoms with van der Waals surface area (Å²) in [5.74, 6) is 0. The van der Waals surface area contributed by atoms with Gasteiger partial charge < -0.3 is 9.47 Å². The van der Waals surface area contributed by atoms with Crippen molar-refractivity contribution in [1.82, 2.24) is 19.4 Å². The van der Waals surface area contributed by atoms with Crippen LogP contribution >= 0.6 is 11.6 Å². The van der Waals surface area contributed by atoms with Gasteiger partial charge in [0, 0.05) is 53.1 Å². The topological polar surface area (TPSA) is 24.3 Å². The molecule has 1 aromatic carbocycles. The van der Waals surface area contributed by atoms with Crippen molar-refractivity contribution in [2.75, 3.05) is 20.6 Å². The molecule has 0 N–H and O–H groups in total. The number of benzene rings is 1. The van der Waals surface area contributed by atoms with Gasteiger partial charge in [-0.2, -0.15) is 0 Å². The molecule has 0 radical (unpaired) electrons. The van der Waals surface area contributed by atoms with Crippen molar-refractivity contribution in [1.29, 1.82) is 0 Å². The van der Waals surface area contributed by atoms with Crippen LogP contribution in [-0.4, -0.2) is 40.0 Å². The summed E-state index contributed by atoms with van der Waals surface area (Å²) in [7, 11) is 4.48. The molecule has 0 saturated carbocycles. The van der Waals surface area contributed by atoms with E-state index in [1.54, 1.807) is 0 Å². The van der Waals surface area contributed by atoms with E-state index in [4.69, 9.17) is 11.6 Å². The molecule has 26 heavy (non-hydrogen) atoms. The molecule has 4 heterocycles. The predicted octanol–water partition coefficient (Wildman–Crippen LogP) is 4.17. The highest BCUT2D eigenvalue weighted by molar-refractivity contribution is 6.31. The van der Waals surface area contributed by atoms with E-state index in [1.165, 1.54) is 27.7 Å². The van der Waals surface area contributed by atoms with Crippen LogP contribution in [0.15, 0.2) is 36.5 Å². The second-order valence-electron chi connectivity index (χ2n) is 7.76. The van der Waals surface area contributed by atoms with E-state index in [0.29, 0.717) is 12.1 Å². The van der Waals surface area contributed by atoms with Crippen LogP contribution in [-0.2, 0) is 13.1 Å². The number of pyridine rings is 1. The zero-order valence-electron chi connectivity index (χ0n) is 15.4. The maximum atomic E-state index is 6.33. The highest BCUT2D eigenvalue weighted by Crippen LogP contribution is 2.45. The Balaban J connectivity index is 1.73. The van der Waals surface area contributed by atoms with Gasteiger partial charge in [0.25, 0.3) is 0 Å². The third-order valence-electron chi connectivity index (χ3n) is 6.05. The number of likely N-dealkylation sites (N-methyl/N-ethyl adjacent to an activating group) is 2. The third-order valence-corrected chi connectivity index (χ3v) is 6.28. The number of aryl methyl sites for hydroxylation is 1. The van der Waals surface area contributed by atoms with Gasteiger partial charge in [0.05, 0.1) is 12.1 Å². The molecule has 2 aliphatic rings. The average Bonchev–Trinajstić information content (AvgIpc) is 2.91. The maximum absolute atomic E-state index is 6.33. The van der Waals surface area contributed by atoms with Crippen molar-refractivity contribution in [2.24, 2.45) is 0 Å². The number of rotatable bonds is 1. The first-order chi connectivity index (χ1) is 12.5. The molecule has 2 aliphatic heterocycles. The lowest BCUT2D eigenvalue weighted by Gasteiger charge is -2.45. The van der Waals surface area contributed by atoms with Crippen molar-refractivity contribution in [3.05, 3.63) is 64.1 Å². The van der Waals surface area contributed by atoms with Crippen LogP contribution in [0.1, 0.15) is 34.6 Å². The molecular weight excluding hydrogens is 344 g/mol. The molecule has 5 heteroatoms. The molecule has 3 aromatic rings. The predicted molar refractivity (Wildman–Crippen MR) is 106 cm³/mol. The van der Waals surface area contributed by atoms with Gasteiger partial charge in [0.15, 0.2) is 0 Å². The maximum Gasteiger partial charge on any atom is 0.0635 e. The molecule has 0 amide bonds. The van der Waals surface area contributed by atoms with Gasteiger partial charge in [-0.3, -0.25) is 9.88 Å². The Morgan fingerprint density at radius 1 is 1.08 bits per heavy atom. The first-order valence-electron chi connectivity index (χ1n) is 9.16. The first kappa shape index (κ1) is 16.3. The minimum absolute atomic E-state index is 0.347. The van der Waals surface area contributed by atoms with E-state index in [2.05, 4.69) is 64.6 Å². The number of halogens is 1. The minimum Gasteiger partial charge on any atom is -0.341 e. The van der Waals surface area contributed by atoms with Gasteiger partial charge >= 0.3 is 0 Å². The smallest absolute Gasteiger partial charge is 0.0635 e. The van der Waals surface area contributed by atoms with Gasteiger partial charge in [-0.15, -0.1) is 0 Å². The fourth-order valence-electron chi connectivity index (χ4n) is 4.83. The molecule has 4 nitrogen and oxygen atoms in total. The first-order valence-corrected chi connectivity index (χ1v) is 9.54. The summed E-state index contributed by atoms with van der Waals surface area (Å²) < 4.78 is 2.54. The van der Waals surface area contributed by atoms with Gasteiger partial charge in [-0.25, -0.2) is 0 Å². The van der Waals surface area contributed by atoms with Crippen LogP contribution in [0.2, 0.25) is 5.02 Å². The van der Waals surface area contributed by atoms with Crippen LogP contribution in [0, 0.1) is 6.92 Å². The number of aromatic nitrogens is 2. The van der Waals surface area contributed by atoms with Crippen molar-refractivity contribution in [2.45, 2.75) is 32.1 Å². The van der Waals surface area contributed by atoms with E-state index >= 15 is 0 Å². The molecular formula is C21H23ClN4. The van der Waals surface area contributed by atoms with E-state index in [0.717, 1.165) is 30.4 Å². The van der Waals surface area contributed by atoms with Gasteiger partial charge in [-0.1, -0.05) is 11.6 Å². The summed E-state index contributed by atoms with van der Waals surface area (Å²) in [6, 6.07) is 11.5. The second kappa shape index (κ2) is 5.81. The summed E-state index contributed by atoms with van der Waals surface area (Å²) >= 11 is 6.33. The Morgan fingerprint density at radius 2 is 1.92 bits per heavy atom. The largest absolute Gasteiger partial charge is 0.341 e. The molecule has 0 fully saturated rings. The second-order valence-corrected chi connectivity index (χ2v) is 8.20. The molecule has 0 bridgehead atoms. The summed E-state index contributed by atoms with van der Waals surface area (Å²) in [5, 5.41) is 2.13. The van der Waals surface area contributed by atoms with Crippen LogP contribution in [0.25, 0.3) is 10.9 Å². The number of nitrogens with zero attached hydrogens (tertiary/aromatic N) is 4. The normalized spacial score (nSPS) is 23.4. The highest BCUT2D eigenvalue weighted by Gasteiger charge is 2.39. The molecule has 0 spiro atoms. The van der Waals surface area contributed by atoms with Crippen molar-refractivity contribution in [3.8, 4) is 0 Å². The van der Waals surface area contributed by atoms with Crippen molar-refractivity contribution in [3.63, 3.8) is 0 Å². The Kier molecular flexibility index (Phi) is 3.64. The van der Waals surface area contributed by atoms with Crippen LogP contribution in [0.3, 0.4) is 0 Å². The lowest BCUT2D eigenvalue weighted by Crippen LogP contribution is -2.45. The monoisotopic (exact) mass is 366 g/mol. The lowest BCUT2D eigenvalue weighted by atomic mass is 9.94. The number of hydrogen-bond acceptors (Lipinski definition) is 3. The fourth-order valence-corrected chi connectivity index (χ4v) is 5.00. The molecule has 5 rings (SSSR count). The zero-order valence-corrected chi connectivity index (χ0v) is 16.2. The van der Waals surface area contributed by atoms with Crippen LogP contribution in [0.5, 0.6) is 0 Å². The summed E-state index contributed by atoms with van der Waals surface area (Å²) in [6.07, 6.45) is 1.93. The Morgan fingerprint density at radius 3 is 2.73 bits per heavy atom. The average molecular weight is 367 g/mol. The zero-order chi connectivity index (χ0) is 18.0. The lowest BCUT2D eigenvalue weighted by molar-refractivity contribution is 0.0804. The molecule has 0 saturated heterocycles. The van der Waals surface area contributed by atoms with Gasteiger partial charge in [0.2, 0.25) is 0 Å².